The number of alkyl halides is 2. The molecule has 0 spiro atoms. The lowest BCUT2D eigenvalue weighted by atomic mass is 10.2. The molecule has 2 aromatic rings. The molecule has 6 nitrogen and oxygen atoms in total. The van der Waals surface area contributed by atoms with Crippen LogP contribution in [0.5, 0.6) is 0 Å². The Labute approximate surface area is 121 Å². The fourth-order valence-corrected chi connectivity index (χ4v) is 1.76. The van der Waals surface area contributed by atoms with Gasteiger partial charge in [0, 0.05) is 19.3 Å². The van der Waals surface area contributed by atoms with Gasteiger partial charge in [0.2, 0.25) is 5.95 Å². The fourth-order valence-electron chi connectivity index (χ4n) is 1.76. The molecule has 0 atom stereocenters. The second-order valence-electron chi connectivity index (χ2n) is 4.43. The quantitative estimate of drug-likeness (QED) is 0.764. The molecule has 0 unspecified atom stereocenters. The Balaban J connectivity index is 2.30. The Morgan fingerprint density at radius 2 is 2.14 bits per heavy atom. The lowest BCUT2D eigenvalue weighted by molar-refractivity contribution is 0.146. The van der Waals surface area contributed by atoms with Crippen LogP contribution in [-0.4, -0.2) is 32.8 Å². The van der Waals surface area contributed by atoms with Gasteiger partial charge in [0.05, 0.1) is 5.69 Å². The standard InChI is InChI=1S/C13H18F2N6/c1-2-21-7-4-9(20-21)10-8-11(12(14)15)19-13(18-10)17-6-3-5-16/h4,7-8,12H,2-3,5-6,16H2,1H3,(H,17,18,19). The molecule has 0 fully saturated rings. The molecule has 8 heteroatoms. The smallest absolute Gasteiger partial charge is 0.280 e. The van der Waals surface area contributed by atoms with Crippen molar-refractivity contribution in [2.24, 2.45) is 5.73 Å². The highest BCUT2D eigenvalue weighted by Crippen LogP contribution is 2.23. The number of halogens is 2. The van der Waals surface area contributed by atoms with Gasteiger partial charge < -0.3 is 11.1 Å². The van der Waals surface area contributed by atoms with Crippen molar-refractivity contribution in [2.45, 2.75) is 26.3 Å². The van der Waals surface area contributed by atoms with E-state index in [2.05, 4.69) is 20.4 Å². The van der Waals surface area contributed by atoms with E-state index in [4.69, 9.17) is 5.73 Å². The number of nitrogens with zero attached hydrogens (tertiary/aromatic N) is 4. The molecule has 0 radical (unpaired) electrons. The van der Waals surface area contributed by atoms with Gasteiger partial charge in [-0.15, -0.1) is 0 Å². The number of nitrogens with two attached hydrogens (primary N) is 1. The summed E-state index contributed by atoms with van der Waals surface area (Å²) < 4.78 is 27.6. The SMILES string of the molecule is CCn1ccc(-c2cc(C(F)F)nc(NCCCN)n2)n1. The van der Waals surface area contributed by atoms with Crippen molar-refractivity contribution in [3.05, 3.63) is 24.0 Å². The van der Waals surface area contributed by atoms with Crippen LogP contribution in [0.2, 0.25) is 0 Å². The summed E-state index contributed by atoms with van der Waals surface area (Å²) in [5.41, 5.74) is 6.00. The average Bonchev–Trinajstić information content (AvgIpc) is 2.96. The first-order chi connectivity index (χ1) is 10.1. The molecule has 0 aliphatic rings. The third-order valence-corrected chi connectivity index (χ3v) is 2.86. The Bertz CT molecular complexity index is 584. The molecule has 0 aliphatic heterocycles. The van der Waals surface area contributed by atoms with E-state index in [1.807, 2.05) is 6.92 Å². The van der Waals surface area contributed by atoms with Crippen molar-refractivity contribution in [3.63, 3.8) is 0 Å². The van der Waals surface area contributed by atoms with Crippen LogP contribution in [0.3, 0.4) is 0 Å². The van der Waals surface area contributed by atoms with Gasteiger partial charge in [-0.3, -0.25) is 4.68 Å². The summed E-state index contributed by atoms with van der Waals surface area (Å²) in [7, 11) is 0. The van der Waals surface area contributed by atoms with Gasteiger partial charge in [0.25, 0.3) is 6.43 Å². The van der Waals surface area contributed by atoms with Crippen LogP contribution < -0.4 is 11.1 Å². The molecule has 2 aromatic heterocycles. The highest BCUT2D eigenvalue weighted by atomic mass is 19.3. The van der Waals surface area contributed by atoms with Crippen molar-refractivity contribution >= 4 is 5.95 Å². The summed E-state index contributed by atoms with van der Waals surface area (Å²) in [6, 6.07) is 3.01. The predicted molar refractivity (Wildman–Crippen MR) is 76.0 cm³/mol. The van der Waals surface area contributed by atoms with E-state index < -0.39 is 6.43 Å². The van der Waals surface area contributed by atoms with Gasteiger partial charge in [-0.1, -0.05) is 0 Å². The molecule has 21 heavy (non-hydrogen) atoms. The fraction of sp³-hybridized carbons (Fsp3) is 0.462. The van der Waals surface area contributed by atoms with Crippen molar-refractivity contribution in [3.8, 4) is 11.4 Å². The van der Waals surface area contributed by atoms with Gasteiger partial charge in [0.1, 0.15) is 11.4 Å². The Morgan fingerprint density at radius 3 is 2.76 bits per heavy atom. The summed E-state index contributed by atoms with van der Waals surface area (Å²) in [5, 5.41) is 7.17. The third-order valence-electron chi connectivity index (χ3n) is 2.86. The zero-order chi connectivity index (χ0) is 15.2. The zero-order valence-electron chi connectivity index (χ0n) is 11.8. The molecule has 2 rings (SSSR count). The van der Waals surface area contributed by atoms with E-state index in [0.717, 1.165) is 0 Å². The molecular formula is C13H18F2N6. The minimum Gasteiger partial charge on any atom is -0.354 e. The number of hydrogen-bond acceptors (Lipinski definition) is 5. The maximum Gasteiger partial charge on any atom is 0.280 e. The van der Waals surface area contributed by atoms with Crippen molar-refractivity contribution < 1.29 is 8.78 Å². The van der Waals surface area contributed by atoms with E-state index in [1.54, 1.807) is 16.9 Å². The average molecular weight is 296 g/mol. The summed E-state index contributed by atoms with van der Waals surface area (Å²) in [5.74, 6) is 0.169. The molecule has 3 N–H and O–H groups in total. The van der Waals surface area contributed by atoms with Crippen LogP contribution >= 0.6 is 0 Å². The monoisotopic (exact) mass is 296 g/mol. The minimum absolute atomic E-state index is 0.169. The van der Waals surface area contributed by atoms with Gasteiger partial charge in [-0.05, 0) is 32.0 Å². The minimum atomic E-state index is -2.66. The third kappa shape index (κ3) is 3.94. The number of anilines is 1. The summed E-state index contributed by atoms with van der Waals surface area (Å²) in [6.45, 7) is 3.69. The maximum absolute atomic E-state index is 12.9. The predicted octanol–water partition coefficient (Wildman–Crippen LogP) is 2.06. The van der Waals surface area contributed by atoms with Crippen molar-refractivity contribution in [1.82, 2.24) is 19.7 Å². The summed E-state index contributed by atoms with van der Waals surface area (Å²) in [4.78, 5) is 8.04. The van der Waals surface area contributed by atoms with Crippen molar-refractivity contribution in [2.75, 3.05) is 18.4 Å². The van der Waals surface area contributed by atoms with Crippen LogP contribution in [0.15, 0.2) is 18.3 Å². The van der Waals surface area contributed by atoms with Gasteiger partial charge in [-0.25, -0.2) is 18.7 Å². The van der Waals surface area contributed by atoms with E-state index in [9.17, 15) is 8.78 Å². The molecular weight excluding hydrogens is 278 g/mol. The van der Waals surface area contributed by atoms with Gasteiger partial charge in [0.15, 0.2) is 0 Å². The van der Waals surface area contributed by atoms with E-state index in [-0.39, 0.29) is 11.6 Å². The van der Waals surface area contributed by atoms with E-state index >= 15 is 0 Å². The van der Waals surface area contributed by atoms with E-state index in [0.29, 0.717) is 37.4 Å². The molecule has 0 amide bonds. The van der Waals surface area contributed by atoms with Crippen molar-refractivity contribution in [1.29, 1.82) is 0 Å². The number of aromatic nitrogens is 4. The largest absolute Gasteiger partial charge is 0.354 e. The number of hydrogen-bond donors (Lipinski definition) is 2. The molecule has 0 aliphatic carbocycles. The zero-order valence-corrected chi connectivity index (χ0v) is 11.8. The number of aryl methyl sites for hydroxylation is 1. The molecule has 0 saturated carbocycles. The topological polar surface area (TPSA) is 81.7 Å². The summed E-state index contributed by atoms with van der Waals surface area (Å²) in [6.07, 6.45) is -0.168. The first-order valence-corrected chi connectivity index (χ1v) is 6.79. The van der Waals surface area contributed by atoms with Crippen LogP contribution in [0.25, 0.3) is 11.4 Å². The second kappa shape index (κ2) is 7.07. The molecule has 2 heterocycles. The normalized spacial score (nSPS) is 11.1. The van der Waals surface area contributed by atoms with Crippen LogP contribution in [0.4, 0.5) is 14.7 Å². The number of rotatable bonds is 7. The molecule has 0 aromatic carbocycles. The van der Waals surface area contributed by atoms with Gasteiger partial charge >= 0.3 is 0 Å². The summed E-state index contributed by atoms with van der Waals surface area (Å²) >= 11 is 0. The van der Waals surface area contributed by atoms with Crippen LogP contribution in [0, 0.1) is 0 Å². The number of nitrogens with one attached hydrogen (secondary N) is 1. The first kappa shape index (κ1) is 15.3. The molecule has 0 saturated heterocycles. The Morgan fingerprint density at radius 1 is 1.33 bits per heavy atom. The highest BCUT2D eigenvalue weighted by Gasteiger charge is 2.15. The maximum atomic E-state index is 12.9. The lowest BCUT2D eigenvalue weighted by Gasteiger charge is -2.08. The van der Waals surface area contributed by atoms with Crippen LogP contribution in [0.1, 0.15) is 25.5 Å². The van der Waals surface area contributed by atoms with E-state index in [1.165, 1.54) is 6.07 Å². The van der Waals surface area contributed by atoms with Crippen LogP contribution in [-0.2, 0) is 6.54 Å². The highest BCUT2D eigenvalue weighted by molar-refractivity contribution is 5.56. The Hall–Kier alpha value is -2.09. The lowest BCUT2D eigenvalue weighted by Crippen LogP contribution is -2.11. The second-order valence-corrected chi connectivity index (χ2v) is 4.43. The Kier molecular flexibility index (Phi) is 5.15. The van der Waals surface area contributed by atoms with Gasteiger partial charge in [-0.2, -0.15) is 5.10 Å². The molecule has 0 bridgehead atoms. The molecule has 114 valence electrons. The first-order valence-electron chi connectivity index (χ1n) is 6.79.